The van der Waals surface area contributed by atoms with Gasteiger partial charge < -0.3 is 14.5 Å². The van der Waals surface area contributed by atoms with E-state index in [0.29, 0.717) is 13.1 Å². The lowest BCUT2D eigenvalue weighted by molar-refractivity contribution is 0.0746. The normalized spacial score (nSPS) is 14.2. The van der Waals surface area contributed by atoms with Gasteiger partial charge in [0.15, 0.2) is 0 Å². The maximum atomic E-state index is 12.7. The van der Waals surface area contributed by atoms with Crippen molar-refractivity contribution in [2.75, 3.05) is 38.2 Å². The van der Waals surface area contributed by atoms with Crippen LogP contribution in [0.25, 0.3) is 5.69 Å². The molecule has 0 atom stereocenters. The number of carbonyl (C=O) groups is 1. The van der Waals surface area contributed by atoms with Gasteiger partial charge in [-0.2, -0.15) is 0 Å². The Balaban J connectivity index is 1.47. The van der Waals surface area contributed by atoms with Crippen molar-refractivity contribution in [3.63, 3.8) is 0 Å². The lowest BCUT2D eigenvalue weighted by Crippen LogP contribution is -2.49. The van der Waals surface area contributed by atoms with Gasteiger partial charge >= 0.3 is 0 Å². The van der Waals surface area contributed by atoms with Crippen molar-refractivity contribution in [2.24, 2.45) is 0 Å². The van der Waals surface area contributed by atoms with Crippen molar-refractivity contribution in [1.82, 2.24) is 14.5 Å². The van der Waals surface area contributed by atoms with E-state index in [1.165, 1.54) is 0 Å². The number of amides is 1. The summed E-state index contributed by atoms with van der Waals surface area (Å²) in [4.78, 5) is 21.4. The predicted octanol–water partition coefficient (Wildman–Crippen LogP) is 3.15. The van der Waals surface area contributed by atoms with Crippen LogP contribution in [0.15, 0.2) is 60.9 Å². The molecule has 0 saturated carbocycles. The molecule has 0 bridgehead atoms. The van der Waals surface area contributed by atoms with Crippen LogP contribution in [0.4, 0.5) is 5.95 Å². The number of nitrogens with zero attached hydrogens (tertiary/aromatic N) is 4. The highest BCUT2D eigenvalue weighted by molar-refractivity contribution is 5.94. The quantitative estimate of drug-likeness (QED) is 0.702. The first-order valence-corrected chi connectivity index (χ1v) is 9.44. The van der Waals surface area contributed by atoms with Crippen LogP contribution in [0.3, 0.4) is 0 Å². The Labute approximate surface area is 165 Å². The predicted molar refractivity (Wildman–Crippen MR) is 109 cm³/mol. The highest BCUT2D eigenvalue weighted by Crippen LogP contribution is 2.23. The van der Waals surface area contributed by atoms with Gasteiger partial charge in [0, 0.05) is 50.2 Å². The molecule has 0 unspecified atom stereocenters. The third kappa shape index (κ3) is 3.58. The van der Waals surface area contributed by atoms with Gasteiger partial charge in [-0.1, -0.05) is 23.8 Å². The smallest absolute Gasteiger partial charge is 0.253 e. The standard InChI is InChI=1S/C22H24N4O2/c1-17-6-8-18(9-7-17)21(27)24-12-14-25(15-13-24)22-23-10-11-26(22)19-4-3-5-20(16-19)28-2/h3-11,16H,12-15H2,1-2H3. The Morgan fingerprint density at radius 1 is 1.04 bits per heavy atom. The summed E-state index contributed by atoms with van der Waals surface area (Å²) >= 11 is 0. The average Bonchev–Trinajstić information content (AvgIpc) is 3.24. The number of benzene rings is 2. The zero-order chi connectivity index (χ0) is 19.5. The molecule has 1 aliphatic heterocycles. The molecule has 28 heavy (non-hydrogen) atoms. The van der Waals surface area contributed by atoms with Crippen LogP contribution in [0.5, 0.6) is 5.75 Å². The second kappa shape index (κ2) is 7.76. The SMILES string of the molecule is COc1cccc(-n2ccnc2N2CCN(C(=O)c3ccc(C)cc3)CC2)c1. The lowest BCUT2D eigenvalue weighted by atomic mass is 10.1. The molecule has 1 fully saturated rings. The van der Waals surface area contributed by atoms with Crippen molar-refractivity contribution in [3.8, 4) is 11.4 Å². The Kier molecular flexibility index (Phi) is 5.02. The molecule has 0 spiro atoms. The molecular formula is C22H24N4O2. The van der Waals surface area contributed by atoms with Crippen LogP contribution in [0.2, 0.25) is 0 Å². The van der Waals surface area contributed by atoms with Crippen molar-refractivity contribution >= 4 is 11.9 Å². The number of hydrogen-bond donors (Lipinski definition) is 0. The van der Waals surface area contributed by atoms with E-state index in [1.54, 1.807) is 13.3 Å². The number of piperazine rings is 1. The Morgan fingerprint density at radius 3 is 2.50 bits per heavy atom. The minimum atomic E-state index is 0.0933. The Hall–Kier alpha value is -3.28. The zero-order valence-corrected chi connectivity index (χ0v) is 16.2. The van der Waals surface area contributed by atoms with Crippen LogP contribution in [-0.2, 0) is 0 Å². The fourth-order valence-electron chi connectivity index (χ4n) is 3.48. The van der Waals surface area contributed by atoms with E-state index in [2.05, 4.69) is 14.5 Å². The van der Waals surface area contributed by atoms with Crippen LogP contribution in [0, 0.1) is 6.92 Å². The number of rotatable bonds is 4. The average molecular weight is 376 g/mol. The summed E-state index contributed by atoms with van der Waals surface area (Å²) in [5.74, 6) is 1.79. The largest absolute Gasteiger partial charge is 0.497 e. The second-order valence-corrected chi connectivity index (χ2v) is 6.94. The molecule has 1 aromatic heterocycles. The van der Waals surface area contributed by atoms with Crippen LogP contribution in [0.1, 0.15) is 15.9 Å². The van der Waals surface area contributed by atoms with Gasteiger partial charge in [0.05, 0.1) is 12.8 Å². The van der Waals surface area contributed by atoms with E-state index >= 15 is 0 Å². The topological polar surface area (TPSA) is 50.6 Å². The van der Waals surface area contributed by atoms with Gasteiger partial charge in [0.25, 0.3) is 5.91 Å². The fraction of sp³-hybridized carbons (Fsp3) is 0.273. The zero-order valence-electron chi connectivity index (χ0n) is 16.2. The number of carbonyl (C=O) groups excluding carboxylic acids is 1. The van der Waals surface area contributed by atoms with Crippen LogP contribution < -0.4 is 9.64 Å². The molecular weight excluding hydrogens is 352 g/mol. The number of ether oxygens (including phenoxy) is 1. The molecule has 1 aliphatic rings. The van der Waals surface area contributed by atoms with E-state index < -0.39 is 0 Å². The molecule has 6 heteroatoms. The first-order valence-electron chi connectivity index (χ1n) is 9.44. The summed E-state index contributed by atoms with van der Waals surface area (Å²) in [5, 5.41) is 0. The van der Waals surface area contributed by atoms with E-state index in [-0.39, 0.29) is 5.91 Å². The van der Waals surface area contributed by atoms with Gasteiger partial charge in [0.1, 0.15) is 5.75 Å². The van der Waals surface area contributed by atoms with Gasteiger partial charge in [-0.15, -0.1) is 0 Å². The van der Waals surface area contributed by atoms with E-state index in [0.717, 1.165) is 41.6 Å². The second-order valence-electron chi connectivity index (χ2n) is 6.94. The molecule has 1 amide bonds. The number of methoxy groups -OCH3 is 1. The maximum Gasteiger partial charge on any atom is 0.253 e. The van der Waals surface area contributed by atoms with Gasteiger partial charge in [-0.25, -0.2) is 4.98 Å². The van der Waals surface area contributed by atoms with Gasteiger partial charge in [0.2, 0.25) is 5.95 Å². The molecule has 1 saturated heterocycles. The highest BCUT2D eigenvalue weighted by atomic mass is 16.5. The highest BCUT2D eigenvalue weighted by Gasteiger charge is 2.24. The molecule has 0 radical (unpaired) electrons. The van der Waals surface area contributed by atoms with Crippen molar-refractivity contribution in [1.29, 1.82) is 0 Å². The number of hydrogen-bond acceptors (Lipinski definition) is 4. The molecule has 4 rings (SSSR count). The van der Waals surface area contributed by atoms with Crippen LogP contribution in [-0.4, -0.2) is 53.6 Å². The molecule has 2 aromatic carbocycles. The number of aromatic nitrogens is 2. The van der Waals surface area contributed by atoms with E-state index in [4.69, 9.17) is 4.74 Å². The maximum absolute atomic E-state index is 12.7. The van der Waals surface area contributed by atoms with E-state index in [1.807, 2.05) is 66.6 Å². The van der Waals surface area contributed by atoms with Gasteiger partial charge in [-0.05, 0) is 31.2 Å². The lowest BCUT2D eigenvalue weighted by Gasteiger charge is -2.35. The molecule has 144 valence electrons. The van der Waals surface area contributed by atoms with Crippen LogP contribution >= 0.6 is 0 Å². The first-order chi connectivity index (χ1) is 13.7. The Morgan fingerprint density at radius 2 is 1.79 bits per heavy atom. The number of imidazole rings is 1. The molecule has 0 aliphatic carbocycles. The Bertz CT molecular complexity index is 957. The van der Waals surface area contributed by atoms with Crippen molar-refractivity contribution in [3.05, 3.63) is 72.1 Å². The summed E-state index contributed by atoms with van der Waals surface area (Å²) in [6.07, 6.45) is 3.76. The molecule has 3 aromatic rings. The summed E-state index contributed by atoms with van der Waals surface area (Å²) in [6.45, 7) is 4.88. The van der Waals surface area contributed by atoms with Crippen molar-refractivity contribution in [2.45, 2.75) is 6.92 Å². The summed E-state index contributed by atoms with van der Waals surface area (Å²) in [6, 6.07) is 15.7. The fourth-order valence-corrected chi connectivity index (χ4v) is 3.48. The van der Waals surface area contributed by atoms with Crippen molar-refractivity contribution < 1.29 is 9.53 Å². The molecule has 6 nitrogen and oxygen atoms in total. The minimum absolute atomic E-state index is 0.0933. The minimum Gasteiger partial charge on any atom is -0.497 e. The monoisotopic (exact) mass is 376 g/mol. The third-order valence-corrected chi connectivity index (χ3v) is 5.10. The summed E-state index contributed by atoms with van der Waals surface area (Å²) in [7, 11) is 1.66. The molecule has 2 heterocycles. The summed E-state index contributed by atoms with van der Waals surface area (Å²) < 4.78 is 7.39. The molecule has 0 N–H and O–H groups in total. The van der Waals surface area contributed by atoms with E-state index in [9.17, 15) is 4.79 Å². The van der Waals surface area contributed by atoms with Gasteiger partial charge in [-0.3, -0.25) is 9.36 Å². The third-order valence-electron chi connectivity index (χ3n) is 5.10. The first kappa shape index (κ1) is 18.1. The number of aryl methyl sites for hydroxylation is 1. The number of anilines is 1. The summed E-state index contributed by atoms with van der Waals surface area (Å²) in [5.41, 5.74) is 2.91.